The summed E-state index contributed by atoms with van der Waals surface area (Å²) < 4.78 is 0. The Labute approximate surface area is 136 Å². The van der Waals surface area contributed by atoms with E-state index >= 15 is 0 Å². The number of benzene rings is 2. The van der Waals surface area contributed by atoms with Gasteiger partial charge >= 0.3 is 6.03 Å². The summed E-state index contributed by atoms with van der Waals surface area (Å²) in [5.74, 6) is 0. The van der Waals surface area contributed by atoms with E-state index in [4.69, 9.17) is 0 Å². The highest BCUT2D eigenvalue weighted by Gasteiger charge is 2.10. The Balaban J connectivity index is 1.87. The average molecular weight is 313 g/mol. The van der Waals surface area contributed by atoms with Crippen molar-refractivity contribution in [3.63, 3.8) is 0 Å². The zero-order valence-electron chi connectivity index (χ0n) is 13.7. The van der Waals surface area contributed by atoms with Gasteiger partial charge in [-0.1, -0.05) is 30.3 Å². The van der Waals surface area contributed by atoms with Gasteiger partial charge < -0.3 is 20.6 Å². The normalized spacial score (nSPS) is 11.7. The van der Waals surface area contributed by atoms with E-state index < -0.39 is 6.10 Å². The molecule has 2 aromatic rings. The van der Waals surface area contributed by atoms with Crippen molar-refractivity contribution in [1.29, 1.82) is 0 Å². The van der Waals surface area contributed by atoms with Crippen LogP contribution in [0.3, 0.4) is 0 Å². The van der Waals surface area contributed by atoms with Crippen molar-refractivity contribution >= 4 is 17.4 Å². The maximum absolute atomic E-state index is 11.9. The molecule has 0 heterocycles. The molecule has 0 saturated carbocycles. The van der Waals surface area contributed by atoms with Crippen LogP contribution >= 0.6 is 0 Å². The van der Waals surface area contributed by atoms with Gasteiger partial charge in [0.2, 0.25) is 0 Å². The van der Waals surface area contributed by atoms with Crippen LogP contribution in [0.15, 0.2) is 48.5 Å². The molecule has 0 aliphatic heterocycles. The maximum atomic E-state index is 11.9. The van der Waals surface area contributed by atoms with E-state index in [9.17, 15) is 9.90 Å². The van der Waals surface area contributed by atoms with Crippen LogP contribution in [-0.2, 0) is 0 Å². The van der Waals surface area contributed by atoms with Crippen molar-refractivity contribution in [2.75, 3.05) is 30.9 Å². The van der Waals surface area contributed by atoms with Gasteiger partial charge in [-0.3, -0.25) is 0 Å². The zero-order chi connectivity index (χ0) is 16.8. The van der Waals surface area contributed by atoms with Gasteiger partial charge in [0.1, 0.15) is 0 Å². The van der Waals surface area contributed by atoms with Gasteiger partial charge in [-0.15, -0.1) is 0 Å². The molecular weight excluding hydrogens is 290 g/mol. The van der Waals surface area contributed by atoms with Crippen molar-refractivity contribution in [2.24, 2.45) is 0 Å². The lowest BCUT2D eigenvalue weighted by atomic mass is 10.1. The highest BCUT2D eigenvalue weighted by Crippen LogP contribution is 2.17. The molecule has 0 saturated heterocycles. The maximum Gasteiger partial charge on any atom is 0.319 e. The minimum atomic E-state index is -0.742. The van der Waals surface area contributed by atoms with Crippen LogP contribution in [0.1, 0.15) is 17.2 Å². The van der Waals surface area contributed by atoms with Crippen LogP contribution in [0, 0.1) is 6.92 Å². The van der Waals surface area contributed by atoms with Crippen LogP contribution in [-0.4, -0.2) is 31.8 Å². The highest BCUT2D eigenvalue weighted by atomic mass is 16.3. The van der Waals surface area contributed by atoms with E-state index in [1.807, 2.05) is 74.4 Å². The molecule has 0 spiro atoms. The molecule has 122 valence electrons. The molecule has 5 nitrogen and oxygen atoms in total. The number of hydrogen-bond donors (Lipinski definition) is 3. The fourth-order valence-corrected chi connectivity index (χ4v) is 2.18. The molecule has 0 radical (unpaired) electrons. The Hall–Kier alpha value is -2.53. The smallest absolute Gasteiger partial charge is 0.319 e. The number of rotatable bonds is 5. The number of anilines is 2. The number of para-hydroxylation sites is 1. The number of hydrogen-bond acceptors (Lipinski definition) is 3. The van der Waals surface area contributed by atoms with E-state index in [1.165, 1.54) is 0 Å². The number of carbonyl (C=O) groups is 1. The average Bonchev–Trinajstić information content (AvgIpc) is 2.55. The van der Waals surface area contributed by atoms with Crippen LogP contribution in [0.2, 0.25) is 0 Å². The third-order valence-corrected chi connectivity index (χ3v) is 3.64. The monoisotopic (exact) mass is 313 g/mol. The van der Waals surface area contributed by atoms with Crippen molar-refractivity contribution < 1.29 is 9.90 Å². The predicted octanol–water partition coefficient (Wildman–Crippen LogP) is 2.92. The number of aliphatic hydroxyl groups excluding tert-OH is 1. The Morgan fingerprint density at radius 2 is 1.78 bits per heavy atom. The second-order valence-corrected chi connectivity index (χ2v) is 5.65. The van der Waals surface area contributed by atoms with E-state index in [0.29, 0.717) is 0 Å². The number of nitrogens with one attached hydrogen (secondary N) is 2. The number of aryl methyl sites for hydroxylation is 1. The molecule has 0 aliphatic rings. The Bertz CT molecular complexity index is 654. The van der Waals surface area contributed by atoms with Gasteiger partial charge in [0.15, 0.2) is 0 Å². The molecular formula is C18H23N3O2. The molecule has 0 fully saturated rings. The van der Waals surface area contributed by atoms with Crippen molar-refractivity contribution in [2.45, 2.75) is 13.0 Å². The number of urea groups is 1. The number of amides is 2. The van der Waals surface area contributed by atoms with Crippen LogP contribution in [0.5, 0.6) is 0 Å². The number of carbonyl (C=O) groups excluding carboxylic acids is 1. The summed E-state index contributed by atoms with van der Waals surface area (Å²) in [4.78, 5) is 13.9. The first kappa shape index (κ1) is 16.8. The summed E-state index contributed by atoms with van der Waals surface area (Å²) in [6.07, 6.45) is -0.742. The molecule has 0 bridgehead atoms. The van der Waals surface area contributed by atoms with E-state index in [-0.39, 0.29) is 12.6 Å². The minimum Gasteiger partial charge on any atom is -0.387 e. The predicted molar refractivity (Wildman–Crippen MR) is 93.9 cm³/mol. The molecule has 2 aromatic carbocycles. The number of aliphatic hydroxyl groups is 1. The molecule has 0 aliphatic carbocycles. The largest absolute Gasteiger partial charge is 0.387 e. The second kappa shape index (κ2) is 7.65. The number of nitrogens with zero attached hydrogens (tertiary/aromatic N) is 1. The molecule has 3 N–H and O–H groups in total. The lowest BCUT2D eigenvalue weighted by molar-refractivity contribution is 0.175. The molecule has 1 unspecified atom stereocenters. The fraction of sp³-hybridized carbons (Fsp3) is 0.278. The Morgan fingerprint density at radius 3 is 2.39 bits per heavy atom. The topological polar surface area (TPSA) is 64.6 Å². The summed E-state index contributed by atoms with van der Waals surface area (Å²) in [6.45, 7) is 2.08. The first-order valence-electron chi connectivity index (χ1n) is 7.53. The van der Waals surface area contributed by atoms with Crippen molar-refractivity contribution in [3.05, 3.63) is 59.7 Å². The van der Waals surface area contributed by atoms with Crippen LogP contribution in [0.25, 0.3) is 0 Å². The molecule has 5 heteroatoms. The first-order valence-corrected chi connectivity index (χ1v) is 7.53. The molecule has 2 amide bonds. The Morgan fingerprint density at radius 1 is 1.13 bits per heavy atom. The van der Waals surface area contributed by atoms with E-state index in [2.05, 4.69) is 10.6 Å². The van der Waals surface area contributed by atoms with Gasteiger partial charge in [-0.2, -0.15) is 0 Å². The quantitative estimate of drug-likeness (QED) is 0.795. The third kappa shape index (κ3) is 4.72. The third-order valence-electron chi connectivity index (χ3n) is 3.64. The first-order chi connectivity index (χ1) is 11.0. The molecule has 0 aromatic heterocycles. The Kier molecular flexibility index (Phi) is 5.60. The van der Waals surface area contributed by atoms with E-state index in [1.54, 1.807) is 0 Å². The fourth-order valence-electron chi connectivity index (χ4n) is 2.18. The van der Waals surface area contributed by atoms with E-state index in [0.717, 1.165) is 22.5 Å². The summed E-state index contributed by atoms with van der Waals surface area (Å²) in [6, 6.07) is 14.8. The van der Waals surface area contributed by atoms with Crippen LogP contribution in [0.4, 0.5) is 16.2 Å². The van der Waals surface area contributed by atoms with Gasteiger partial charge in [0.25, 0.3) is 0 Å². The standard InChI is InChI=1S/C18H23N3O2/c1-13-6-4-5-7-16(13)20-18(23)19-12-17(22)14-8-10-15(11-9-14)21(2)3/h4-11,17,22H,12H2,1-3H3,(H2,19,20,23). The van der Waals surface area contributed by atoms with Gasteiger partial charge in [0, 0.05) is 32.0 Å². The summed E-state index contributed by atoms with van der Waals surface area (Å²) in [7, 11) is 3.92. The lowest BCUT2D eigenvalue weighted by Gasteiger charge is -2.16. The molecule has 1 atom stereocenters. The molecule has 23 heavy (non-hydrogen) atoms. The van der Waals surface area contributed by atoms with Gasteiger partial charge in [-0.25, -0.2) is 4.79 Å². The van der Waals surface area contributed by atoms with Crippen LogP contribution < -0.4 is 15.5 Å². The summed E-state index contributed by atoms with van der Waals surface area (Å²) in [5.41, 5.74) is 3.58. The zero-order valence-corrected chi connectivity index (χ0v) is 13.7. The lowest BCUT2D eigenvalue weighted by Crippen LogP contribution is -2.32. The summed E-state index contributed by atoms with van der Waals surface area (Å²) >= 11 is 0. The van der Waals surface area contributed by atoms with Gasteiger partial charge in [-0.05, 0) is 36.2 Å². The summed E-state index contributed by atoms with van der Waals surface area (Å²) in [5, 5.41) is 15.6. The highest BCUT2D eigenvalue weighted by molar-refractivity contribution is 5.90. The van der Waals surface area contributed by atoms with Crippen molar-refractivity contribution in [3.8, 4) is 0 Å². The van der Waals surface area contributed by atoms with Crippen molar-refractivity contribution in [1.82, 2.24) is 5.32 Å². The minimum absolute atomic E-state index is 0.152. The van der Waals surface area contributed by atoms with Gasteiger partial charge in [0.05, 0.1) is 6.10 Å². The molecule has 2 rings (SSSR count). The second-order valence-electron chi connectivity index (χ2n) is 5.65. The SMILES string of the molecule is Cc1ccccc1NC(=O)NCC(O)c1ccc(N(C)C)cc1.